The monoisotopic (exact) mass is 247 g/mol. The van der Waals surface area contributed by atoms with Gasteiger partial charge in [-0.25, -0.2) is 0 Å². The van der Waals surface area contributed by atoms with Crippen molar-refractivity contribution in [3.05, 3.63) is 34.2 Å². The number of hydrogen-bond donors (Lipinski definition) is 0. The van der Waals surface area contributed by atoms with Gasteiger partial charge in [-0.2, -0.15) is 0 Å². The van der Waals surface area contributed by atoms with Crippen LogP contribution in [0.2, 0.25) is 0 Å². The molecular weight excluding hydrogens is 226 g/mol. The minimum Gasteiger partial charge on any atom is -0.380 e. The molecule has 0 aromatic carbocycles. The van der Waals surface area contributed by atoms with Gasteiger partial charge in [0.15, 0.2) is 0 Å². The topological polar surface area (TPSA) is 31.2 Å². The van der Waals surface area contributed by atoms with E-state index in [4.69, 9.17) is 4.74 Å². The van der Waals surface area contributed by atoms with Crippen LogP contribution in [-0.2, 0) is 11.2 Å². The average Bonchev–Trinajstić information content (AvgIpc) is 2.18. The van der Waals surface area contributed by atoms with Crippen molar-refractivity contribution >= 4 is 0 Å². The van der Waals surface area contributed by atoms with Crippen LogP contribution in [0.25, 0.3) is 0 Å². The van der Waals surface area contributed by atoms with Gasteiger partial charge in [-0.3, -0.25) is 4.79 Å². The minimum atomic E-state index is 0.214. The van der Waals surface area contributed by atoms with E-state index in [2.05, 4.69) is 13.8 Å². The molecule has 2 heterocycles. The van der Waals surface area contributed by atoms with Crippen molar-refractivity contribution in [3.8, 4) is 0 Å². The number of aromatic nitrogens is 1. The molecule has 0 unspecified atom stereocenters. The van der Waals surface area contributed by atoms with E-state index in [0.29, 0.717) is 17.4 Å². The molecule has 1 saturated heterocycles. The Kier molecular flexibility index (Phi) is 2.81. The largest absolute Gasteiger partial charge is 0.380 e. The number of hydrogen-bond acceptors (Lipinski definition) is 2. The summed E-state index contributed by atoms with van der Waals surface area (Å²) < 4.78 is 7.23. The molecule has 1 aliphatic heterocycles. The number of pyridine rings is 1. The fourth-order valence-corrected chi connectivity index (χ4v) is 3.20. The molecule has 18 heavy (non-hydrogen) atoms. The predicted molar refractivity (Wildman–Crippen MR) is 70.8 cm³/mol. The van der Waals surface area contributed by atoms with Crippen LogP contribution >= 0.6 is 0 Å². The van der Waals surface area contributed by atoms with Gasteiger partial charge in [0.1, 0.15) is 0 Å². The molecule has 1 aromatic rings. The van der Waals surface area contributed by atoms with Gasteiger partial charge < -0.3 is 9.30 Å². The average molecular weight is 247 g/mol. The smallest absolute Gasteiger partial charge is 0.253 e. The highest BCUT2D eigenvalue weighted by Crippen LogP contribution is 2.52. The van der Waals surface area contributed by atoms with E-state index in [1.165, 1.54) is 0 Å². The molecule has 2 fully saturated rings. The van der Waals surface area contributed by atoms with Gasteiger partial charge in [0, 0.05) is 23.2 Å². The standard InChI is InChI=1S/C15H21NO2/c1-11(2)6-12-4-3-5-16(14(12)17)13-7-15(8-13)9-18-10-15/h3-5,11,13H,6-10H2,1-2H3. The van der Waals surface area contributed by atoms with Crippen LogP contribution in [0.1, 0.15) is 38.3 Å². The van der Waals surface area contributed by atoms with Gasteiger partial charge >= 0.3 is 0 Å². The Morgan fingerprint density at radius 3 is 2.72 bits per heavy atom. The van der Waals surface area contributed by atoms with Crippen LogP contribution in [0, 0.1) is 11.3 Å². The van der Waals surface area contributed by atoms with Gasteiger partial charge in [-0.15, -0.1) is 0 Å². The first-order valence-corrected chi connectivity index (χ1v) is 6.87. The molecule has 2 aliphatic rings. The third kappa shape index (κ3) is 1.91. The predicted octanol–water partition coefficient (Wildman–Crippen LogP) is 2.40. The van der Waals surface area contributed by atoms with Gasteiger partial charge in [0.25, 0.3) is 5.56 Å². The number of nitrogens with zero attached hydrogens (tertiary/aromatic N) is 1. The summed E-state index contributed by atoms with van der Waals surface area (Å²) in [5.74, 6) is 0.529. The molecule has 98 valence electrons. The lowest BCUT2D eigenvalue weighted by molar-refractivity contribution is -0.174. The fraction of sp³-hybridized carbons (Fsp3) is 0.667. The summed E-state index contributed by atoms with van der Waals surface area (Å²) in [6.07, 6.45) is 5.04. The van der Waals surface area contributed by atoms with Crippen molar-refractivity contribution < 1.29 is 4.74 Å². The minimum absolute atomic E-state index is 0.214. The van der Waals surface area contributed by atoms with E-state index in [1.807, 2.05) is 22.9 Å². The highest BCUT2D eigenvalue weighted by atomic mass is 16.5. The van der Waals surface area contributed by atoms with Crippen molar-refractivity contribution in [1.82, 2.24) is 4.57 Å². The number of ether oxygens (including phenoxy) is 1. The molecule has 1 aromatic heterocycles. The molecule has 0 amide bonds. The summed E-state index contributed by atoms with van der Waals surface area (Å²) in [5.41, 5.74) is 1.59. The van der Waals surface area contributed by atoms with Crippen LogP contribution in [0.15, 0.2) is 23.1 Å². The lowest BCUT2D eigenvalue weighted by atomic mass is 9.64. The Morgan fingerprint density at radius 1 is 1.44 bits per heavy atom. The van der Waals surface area contributed by atoms with Crippen LogP contribution in [-0.4, -0.2) is 17.8 Å². The van der Waals surface area contributed by atoms with Gasteiger partial charge in [0.05, 0.1) is 13.2 Å². The lowest BCUT2D eigenvalue weighted by Crippen LogP contribution is -2.53. The second-order valence-electron chi connectivity index (χ2n) is 6.40. The van der Waals surface area contributed by atoms with Crippen molar-refractivity contribution in [3.63, 3.8) is 0 Å². The Hall–Kier alpha value is -1.09. The van der Waals surface area contributed by atoms with Crippen molar-refractivity contribution in [2.75, 3.05) is 13.2 Å². The van der Waals surface area contributed by atoms with E-state index in [-0.39, 0.29) is 5.56 Å². The quantitative estimate of drug-likeness (QED) is 0.821. The maximum absolute atomic E-state index is 12.4. The van der Waals surface area contributed by atoms with Crippen molar-refractivity contribution in [2.45, 2.75) is 39.2 Å². The van der Waals surface area contributed by atoms with E-state index in [1.54, 1.807) is 0 Å². The summed E-state index contributed by atoms with van der Waals surface area (Å²) in [6.45, 7) is 6.09. The molecule has 0 N–H and O–H groups in total. The summed E-state index contributed by atoms with van der Waals surface area (Å²) in [5, 5.41) is 0. The maximum atomic E-state index is 12.4. The fourth-order valence-electron chi connectivity index (χ4n) is 3.20. The molecule has 3 nitrogen and oxygen atoms in total. The third-order valence-electron chi connectivity index (χ3n) is 4.23. The van der Waals surface area contributed by atoms with Gasteiger partial charge in [0.2, 0.25) is 0 Å². The van der Waals surface area contributed by atoms with E-state index >= 15 is 0 Å². The highest BCUT2D eigenvalue weighted by molar-refractivity contribution is 5.13. The second kappa shape index (κ2) is 4.23. The van der Waals surface area contributed by atoms with E-state index < -0.39 is 0 Å². The maximum Gasteiger partial charge on any atom is 0.253 e. The zero-order valence-corrected chi connectivity index (χ0v) is 11.2. The second-order valence-corrected chi connectivity index (χ2v) is 6.40. The normalized spacial score (nSPS) is 21.9. The Balaban J connectivity index is 1.78. The van der Waals surface area contributed by atoms with Crippen LogP contribution in [0.4, 0.5) is 0 Å². The van der Waals surface area contributed by atoms with Crippen molar-refractivity contribution in [2.24, 2.45) is 11.3 Å². The Labute approximate surface area is 108 Å². The first-order valence-electron chi connectivity index (χ1n) is 6.87. The van der Waals surface area contributed by atoms with Crippen molar-refractivity contribution in [1.29, 1.82) is 0 Å². The first-order chi connectivity index (χ1) is 8.60. The number of rotatable bonds is 3. The summed E-state index contributed by atoms with van der Waals surface area (Å²) >= 11 is 0. The lowest BCUT2D eigenvalue weighted by Gasteiger charge is -2.53. The zero-order chi connectivity index (χ0) is 12.8. The van der Waals surface area contributed by atoms with Gasteiger partial charge in [-0.05, 0) is 31.2 Å². The molecule has 1 saturated carbocycles. The summed E-state index contributed by atoms with van der Waals surface area (Å²) in [7, 11) is 0. The summed E-state index contributed by atoms with van der Waals surface area (Å²) in [6, 6.07) is 4.38. The molecule has 0 bridgehead atoms. The SMILES string of the molecule is CC(C)Cc1cccn(C2CC3(COC3)C2)c1=O. The van der Waals surface area contributed by atoms with Crippen LogP contribution < -0.4 is 5.56 Å². The molecule has 1 spiro atoms. The Bertz CT molecular complexity index is 491. The molecule has 3 rings (SSSR count). The first kappa shape index (κ1) is 12.0. The van der Waals surface area contributed by atoms with Gasteiger partial charge in [-0.1, -0.05) is 19.9 Å². The molecular formula is C15H21NO2. The summed E-state index contributed by atoms with van der Waals surface area (Å²) in [4.78, 5) is 12.4. The molecule has 3 heteroatoms. The zero-order valence-electron chi connectivity index (χ0n) is 11.2. The molecule has 0 atom stereocenters. The third-order valence-corrected chi connectivity index (χ3v) is 4.23. The van der Waals surface area contributed by atoms with Crippen LogP contribution in [0.5, 0.6) is 0 Å². The Morgan fingerprint density at radius 2 is 2.17 bits per heavy atom. The highest BCUT2D eigenvalue weighted by Gasteiger charge is 2.50. The van der Waals surface area contributed by atoms with Crippen LogP contribution in [0.3, 0.4) is 0 Å². The molecule has 1 aliphatic carbocycles. The molecule has 0 radical (unpaired) electrons. The van der Waals surface area contributed by atoms with E-state index in [9.17, 15) is 4.79 Å². The van der Waals surface area contributed by atoms with E-state index in [0.717, 1.165) is 38.0 Å².